The van der Waals surface area contributed by atoms with Gasteiger partial charge in [0, 0.05) is 64.5 Å². The number of nitrogens with zero attached hydrogens (tertiary/aromatic N) is 4. The first-order chi connectivity index (χ1) is 11.8. The molecule has 1 amide bonds. The third-order valence-corrected chi connectivity index (χ3v) is 7.17. The molecular formula is C17H26N4O3S. The smallest absolute Gasteiger partial charge is 0.281 e. The zero-order chi connectivity index (χ0) is 18.1. The zero-order valence-electron chi connectivity index (χ0n) is 14.9. The van der Waals surface area contributed by atoms with Crippen LogP contribution in [0.3, 0.4) is 0 Å². The highest BCUT2D eigenvalue weighted by molar-refractivity contribution is 7.86. The maximum absolute atomic E-state index is 12.5. The van der Waals surface area contributed by atoms with Crippen molar-refractivity contribution in [3.63, 3.8) is 0 Å². The first-order valence-corrected chi connectivity index (χ1v) is 10.1. The lowest BCUT2D eigenvalue weighted by atomic mass is 9.74. The maximum atomic E-state index is 12.5. The Hall–Kier alpha value is -1.51. The number of likely N-dealkylation sites (tertiary alicyclic amines) is 1. The van der Waals surface area contributed by atoms with Gasteiger partial charge >= 0.3 is 0 Å². The summed E-state index contributed by atoms with van der Waals surface area (Å²) in [7, 11) is -0.278. The van der Waals surface area contributed by atoms with Gasteiger partial charge in [0.05, 0.1) is 0 Å². The number of amides is 1. The topological polar surface area (TPSA) is 73.8 Å². The molecule has 0 unspecified atom stereocenters. The van der Waals surface area contributed by atoms with E-state index in [4.69, 9.17) is 0 Å². The van der Waals surface area contributed by atoms with Crippen molar-refractivity contribution in [3.8, 4) is 0 Å². The van der Waals surface area contributed by atoms with Gasteiger partial charge in [0.25, 0.3) is 10.2 Å². The van der Waals surface area contributed by atoms with Crippen LogP contribution in [0.1, 0.15) is 31.2 Å². The van der Waals surface area contributed by atoms with E-state index in [-0.39, 0.29) is 11.3 Å². The molecule has 2 aliphatic heterocycles. The molecule has 2 fully saturated rings. The Bertz CT molecular complexity index is 723. The summed E-state index contributed by atoms with van der Waals surface area (Å²) in [5.41, 5.74) is 0.913. The summed E-state index contributed by atoms with van der Waals surface area (Å²) in [6.45, 7) is 2.23. The highest BCUT2D eigenvalue weighted by Crippen LogP contribution is 2.40. The molecule has 0 saturated carbocycles. The number of rotatable bonds is 4. The Kier molecular flexibility index (Phi) is 5.13. The first-order valence-electron chi connectivity index (χ1n) is 8.67. The summed E-state index contributed by atoms with van der Waals surface area (Å²) in [4.78, 5) is 18.3. The summed E-state index contributed by atoms with van der Waals surface area (Å²) in [6, 6.07) is 3.83. The summed E-state index contributed by atoms with van der Waals surface area (Å²) in [5.74, 6) is 0.148. The van der Waals surface area contributed by atoms with Crippen molar-refractivity contribution in [1.82, 2.24) is 18.5 Å². The molecule has 138 valence electrons. The van der Waals surface area contributed by atoms with Gasteiger partial charge in [0.2, 0.25) is 5.91 Å². The molecule has 1 spiro atoms. The number of pyridine rings is 1. The fraction of sp³-hybridized carbons (Fsp3) is 0.647. The van der Waals surface area contributed by atoms with Crippen LogP contribution >= 0.6 is 0 Å². The average Bonchev–Trinajstić information content (AvgIpc) is 2.59. The van der Waals surface area contributed by atoms with Crippen molar-refractivity contribution in [2.24, 2.45) is 5.41 Å². The monoisotopic (exact) mass is 366 g/mol. The lowest BCUT2D eigenvalue weighted by Gasteiger charge is -2.48. The van der Waals surface area contributed by atoms with Crippen molar-refractivity contribution < 1.29 is 13.2 Å². The van der Waals surface area contributed by atoms with E-state index in [9.17, 15) is 13.2 Å². The van der Waals surface area contributed by atoms with Crippen molar-refractivity contribution in [2.45, 2.75) is 32.2 Å². The lowest BCUT2D eigenvalue weighted by Crippen LogP contribution is -2.56. The Morgan fingerprint density at radius 2 is 1.92 bits per heavy atom. The second-order valence-corrected chi connectivity index (χ2v) is 9.47. The molecule has 25 heavy (non-hydrogen) atoms. The fourth-order valence-corrected chi connectivity index (χ4v) is 5.14. The molecule has 1 atom stereocenters. The number of carbonyl (C=O) groups excluding carboxylic acids is 1. The minimum atomic E-state index is -3.41. The van der Waals surface area contributed by atoms with E-state index in [1.165, 1.54) is 4.31 Å². The van der Waals surface area contributed by atoms with Gasteiger partial charge in [0.1, 0.15) is 0 Å². The zero-order valence-corrected chi connectivity index (χ0v) is 15.7. The fourth-order valence-electron chi connectivity index (χ4n) is 3.88. The molecule has 1 aromatic heterocycles. The molecule has 3 rings (SSSR count). The van der Waals surface area contributed by atoms with E-state index in [1.54, 1.807) is 30.8 Å². The van der Waals surface area contributed by atoms with Crippen LogP contribution in [0.15, 0.2) is 24.5 Å². The maximum Gasteiger partial charge on any atom is 0.281 e. The van der Waals surface area contributed by atoms with Crippen LogP contribution in [-0.4, -0.2) is 66.5 Å². The largest absolute Gasteiger partial charge is 0.338 e. The number of hydrogen-bond donors (Lipinski definition) is 0. The van der Waals surface area contributed by atoms with E-state index in [0.29, 0.717) is 32.6 Å². The summed E-state index contributed by atoms with van der Waals surface area (Å²) in [6.07, 6.45) is 6.51. The Labute approximate surface area is 149 Å². The molecular weight excluding hydrogens is 340 g/mol. The quantitative estimate of drug-likeness (QED) is 0.800. The minimum Gasteiger partial charge on any atom is -0.338 e. The second-order valence-electron chi connectivity index (χ2n) is 7.33. The number of carbonyl (C=O) groups is 1. The van der Waals surface area contributed by atoms with Crippen LogP contribution in [-0.2, 0) is 21.5 Å². The second kappa shape index (κ2) is 7.01. The molecule has 0 radical (unpaired) electrons. The molecule has 8 heteroatoms. The normalized spacial score (nSPS) is 25.7. The van der Waals surface area contributed by atoms with Gasteiger partial charge in [-0.1, -0.05) is 0 Å². The summed E-state index contributed by atoms with van der Waals surface area (Å²) in [5, 5.41) is 0. The summed E-state index contributed by atoms with van der Waals surface area (Å²) >= 11 is 0. The molecule has 0 aliphatic carbocycles. The van der Waals surface area contributed by atoms with Crippen molar-refractivity contribution in [3.05, 3.63) is 30.1 Å². The molecule has 0 aromatic carbocycles. The van der Waals surface area contributed by atoms with Crippen LogP contribution in [0, 0.1) is 5.41 Å². The van der Waals surface area contributed by atoms with Crippen LogP contribution < -0.4 is 0 Å². The molecule has 1 aromatic rings. The van der Waals surface area contributed by atoms with Gasteiger partial charge in [0.15, 0.2) is 0 Å². The van der Waals surface area contributed by atoms with Crippen molar-refractivity contribution in [2.75, 3.05) is 33.7 Å². The Morgan fingerprint density at radius 3 is 2.60 bits per heavy atom. The van der Waals surface area contributed by atoms with Gasteiger partial charge in [-0.25, -0.2) is 0 Å². The van der Waals surface area contributed by atoms with E-state index < -0.39 is 10.2 Å². The molecule has 0 N–H and O–H groups in total. The highest BCUT2D eigenvalue weighted by atomic mass is 32.2. The standard InChI is InChI=1S/C17H26N4O3S/c1-19(2)25(23,24)21-11-3-7-17(14-21)8-4-16(22)20(13-17)12-15-5-9-18-10-6-15/h5-6,9-10H,3-4,7-8,11-14H2,1-2H3/t17-/m1/s1. The Balaban J connectivity index is 1.76. The van der Waals surface area contributed by atoms with Gasteiger partial charge in [-0.2, -0.15) is 17.0 Å². The van der Waals surface area contributed by atoms with E-state index in [1.807, 2.05) is 17.0 Å². The van der Waals surface area contributed by atoms with E-state index in [2.05, 4.69) is 4.98 Å². The third-order valence-electron chi connectivity index (χ3n) is 5.29. The van der Waals surface area contributed by atoms with Crippen LogP contribution in [0.25, 0.3) is 0 Å². The van der Waals surface area contributed by atoms with Crippen LogP contribution in [0.4, 0.5) is 0 Å². The third kappa shape index (κ3) is 3.86. The lowest BCUT2D eigenvalue weighted by molar-refractivity contribution is -0.139. The first kappa shape index (κ1) is 18.3. The number of aromatic nitrogens is 1. The van der Waals surface area contributed by atoms with E-state index in [0.717, 1.165) is 24.8 Å². The SMILES string of the molecule is CN(C)S(=O)(=O)N1CCC[C@]2(CCC(=O)N(Cc3ccncc3)C2)C1. The number of piperidine rings is 2. The van der Waals surface area contributed by atoms with E-state index >= 15 is 0 Å². The molecule has 2 aliphatic rings. The highest BCUT2D eigenvalue weighted by Gasteiger charge is 2.44. The average molecular weight is 366 g/mol. The van der Waals surface area contributed by atoms with Crippen molar-refractivity contribution in [1.29, 1.82) is 0 Å². The predicted octanol–water partition coefficient (Wildman–Crippen LogP) is 1.09. The molecule has 2 saturated heterocycles. The molecule has 0 bridgehead atoms. The minimum absolute atomic E-state index is 0.137. The Morgan fingerprint density at radius 1 is 1.20 bits per heavy atom. The summed E-state index contributed by atoms with van der Waals surface area (Å²) < 4.78 is 27.9. The molecule has 3 heterocycles. The van der Waals surface area contributed by atoms with Crippen LogP contribution in [0.2, 0.25) is 0 Å². The number of hydrogen-bond acceptors (Lipinski definition) is 4. The van der Waals surface area contributed by atoms with Gasteiger partial charge in [-0.15, -0.1) is 0 Å². The van der Waals surface area contributed by atoms with Gasteiger partial charge in [-0.3, -0.25) is 9.78 Å². The predicted molar refractivity (Wildman–Crippen MR) is 94.7 cm³/mol. The van der Waals surface area contributed by atoms with Gasteiger partial charge in [-0.05, 0) is 37.0 Å². The van der Waals surface area contributed by atoms with Crippen LogP contribution in [0.5, 0.6) is 0 Å². The molecule has 7 nitrogen and oxygen atoms in total. The van der Waals surface area contributed by atoms with Crippen molar-refractivity contribution >= 4 is 16.1 Å². The van der Waals surface area contributed by atoms with Gasteiger partial charge < -0.3 is 4.90 Å².